The van der Waals surface area contributed by atoms with Gasteiger partial charge in [0.1, 0.15) is 0 Å². The Labute approximate surface area is 101 Å². The second-order valence-corrected chi connectivity index (χ2v) is 4.36. The second-order valence-electron chi connectivity index (χ2n) is 3.52. The molecule has 0 fully saturated rings. The molecule has 0 saturated carbocycles. The van der Waals surface area contributed by atoms with Gasteiger partial charge in [-0.25, -0.2) is 0 Å². The topological polar surface area (TPSA) is 26.0 Å². The maximum atomic E-state index is 12.0. The van der Waals surface area contributed by atoms with E-state index in [1.54, 1.807) is 12.1 Å². The van der Waals surface area contributed by atoms with Crippen LogP contribution in [0, 0.1) is 0 Å². The Kier molecular flexibility index (Phi) is 4.47. The maximum absolute atomic E-state index is 12.0. The Morgan fingerprint density at radius 2 is 1.88 bits per heavy atom. The molecule has 1 aromatic carbocycles. The molecule has 0 saturated heterocycles. The molecule has 0 radical (unpaired) electrons. The van der Waals surface area contributed by atoms with Gasteiger partial charge in [0, 0.05) is 16.1 Å². The van der Waals surface area contributed by atoms with Gasteiger partial charge in [0.05, 0.1) is 6.42 Å². The van der Waals surface area contributed by atoms with Crippen molar-refractivity contribution < 1.29 is 13.2 Å². The van der Waals surface area contributed by atoms with Gasteiger partial charge < -0.3 is 5.73 Å². The molecule has 0 aliphatic heterocycles. The molecule has 1 atom stereocenters. The third-order valence-corrected chi connectivity index (χ3v) is 2.58. The molecule has 1 rings (SSSR count). The summed E-state index contributed by atoms with van der Waals surface area (Å²) in [4.78, 5) is 0. The molecule has 1 aromatic rings. The van der Waals surface area contributed by atoms with E-state index in [0.717, 1.165) is 0 Å². The van der Waals surface area contributed by atoms with Crippen molar-refractivity contribution >= 4 is 23.2 Å². The Bertz CT molecular complexity index is 366. The number of hydrogen-bond donors (Lipinski definition) is 1. The Morgan fingerprint density at radius 3 is 2.38 bits per heavy atom. The van der Waals surface area contributed by atoms with Crippen molar-refractivity contribution in [3.8, 4) is 0 Å². The molecule has 0 amide bonds. The zero-order chi connectivity index (χ0) is 12.3. The summed E-state index contributed by atoms with van der Waals surface area (Å²) in [7, 11) is 0. The predicted octanol–water partition coefficient (Wildman–Crippen LogP) is 3.82. The van der Waals surface area contributed by atoms with E-state index in [0.29, 0.717) is 15.6 Å². The smallest absolute Gasteiger partial charge is 0.327 e. The number of nitrogens with two attached hydrogens (primary N) is 1. The van der Waals surface area contributed by atoms with Crippen molar-refractivity contribution in [2.75, 3.05) is 0 Å². The summed E-state index contributed by atoms with van der Waals surface area (Å²) in [5, 5.41) is 0.781. The van der Waals surface area contributed by atoms with Crippen LogP contribution in [0.25, 0.3) is 0 Å². The van der Waals surface area contributed by atoms with Crippen molar-refractivity contribution in [3.63, 3.8) is 0 Å². The fraction of sp³-hybridized carbons (Fsp3) is 0.400. The van der Waals surface area contributed by atoms with Crippen molar-refractivity contribution in [2.24, 2.45) is 5.73 Å². The van der Waals surface area contributed by atoms with E-state index in [1.807, 2.05) is 0 Å². The Morgan fingerprint density at radius 1 is 1.25 bits per heavy atom. The molecule has 0 aromatic heterocycles. The Hall–Kier alpha value is -0.450. The van der Waals surface area contributed by atoms with Crippen LogP contribution in [0.2, 0.25) is 10.0 Å². The largest absolute Gasteiger partial charge is 0.390 e. The Balaban J connectivity index is 2.66. The molecule has 0 spiro atoms. The highest BCUT2D eigenvalue weighted by atomic mass is 35.5. The molecule has 0 heterocycles. The summed E-state index contributed by atoms with van der Waals surface area (Å²) >= 11 is 11.5. The zero-order valence-electron chi connectivity index (χ0n) is 8.19. The average Bonchev–Trinajstić information content (AvgIpc) is 2.06. The van der Waals surface area contributed by atoms with E-state index in [1.165, 1.54) is 6.07 Å². The molecule has 1 unspecified atom stereocenters. The SMILES string of the molecule is NC(Cc1ccc(Cl)cc1Cl)CC(F)(F)F. The van der Waals surface area contributed by atoms with Crippen molar-refractivity contribution in [3.05, 3.63) is 33.8 Å². The molecule has 1 nitrogen and oxygen atoms in total. The summed E-state index contributed by atoms with van der Waals surface area (Å²) < 4.78 is 36.1. The molecule has 2 N–H and O–H groups in total. The third-order valence-electron chi connectivity index (χ3n) is 1.99. The molecule has 6 heteroatoms. The summed E-state index contributed by atoms with van der Waals surface area (Å²) in [6, 6.07) is 3.65. The quantitative estimate of drug-likeness (QED) is 0.889. The van der Waals surface area contributed by atoms with Gasteiger partial charge in [-0.05, 0) is 24.1 Å². The van der Waals surface area contributed by atoms with Gasteiger partial charge in [-0.1, -0.05) is 29.3 Å². The van der Waals surface area contributed by atoms with E-state index in [4.69, 9.17) is 28.9 Å². The molecular weight excluding hydrogens is 262 g/mol. The van der Waals surface area contributed by atoms with Gasteiger partial charge in [0.15, 0.2) is 0 Å². The minimum atomic E-state index is -4.25. The van der Waals surface area contributed by atoms with E-state index >= 15 is 0 Å². The van der Waals surface area contributed by atoms with Crippen LogP contribution in [0.4, 0.5) is 13.2 Å². The van der Waals surface area contributed by atoms with Crippen LogP contribution in [-0.4, -0.2) is 12.2 Å². The monoisotopic (exact) mass is 271 g/mol. The van der Waals surface area contributed by atoms with Crippen molar-refractivity contribution in [2.45, 2.75) is 25.1 Å². The standard InChI is InChI=1S/C10H10Cl2F3N/c11-7-2-1-6(9(12)4-7)3-8(16)5-10(13,14)15/h1-2,4,8H,3,5,16H2. The molecule has 90 valence electrons. The van der Waals surface area contributed by atoms with Crippen LogP contribution in [-0.2, 0) is 6.42 Å². The minimum absolute atomic E-state index is 0.0789. The summed E-state index contributed by atoms with van der Waals surface area (Å²) in [5.74, 6) is 0. The first-order chi connectivity index (χ1) is 7.28. The van der Waals surface area contributed by atoms with E-state index < -0.39 is 18.6 Å². The summed E-state index contributed by atoms with van der Waals surface area (Å²) in [6.45, 7) is 0. The van der Waals surface area contributed by atoms with Gasteiger partial charge in [-0.3, -0.25) is 0 Å². The second kappa shape index (κ2) is 5.25. The van der Waals surface area contributed by atoms with E-state index in [2.05, 4.69) is 0 Å². The highest BCUT2D eigenvalue weighted by molar-refractivity contribution is 6.35. The lowest BCUT2D eigenvalue weighted by Gasteiger charge is -2.14. The van der Waals surface area contributed by atoms with Crippen LogP contribution in [0.3, 0.4) is 0 Å². The van der Waals surface area contributed by atoms with Crippen LogP contribution in [0.5, 0.6) is 0 Å². The first-order valence-corrected chi connectivity index (χ1v) is 5.30. The molecule has 0 aliphatic rings. The normalized spacial score (nSPS) is 13.9. The van der Waals surface area contributed by atoms with Crippen LogP contribution in [0.15, 0.2) is 18.2 Å². The van der Waals surface area contributed by atoms with Gasteiger partial charge >= 0.3 is 6.18 Å². The van der Waals surface area contributed by atoms with Gasteiger partial charge in [0.25, 0.3) is 0 Å². The number of halogens is 5. The van der Waals surface area contributed by atoms with Crippen LogP contribution >= 0.6 is 23.2 Å². The first-order valence-electron chi connectivity index (χ1n) is 4.54. The van der Waals surface area contributed by atoms with Crippen LogP contribution < -0.4 is 5.73 Å². The molecule has 16 heavy (non-hydrogen) atoms. The first kappa shape index (κ1) is 13.6. The minimum Gasteiger partial charge on any atom is -0.327 e. The molecular formula is C10H10Cl2F3N. The maximum Gasteiger partial charge on any atom is 0.390 e. The number of alkyl halides is 3. The van der Waals surface area contributed by atoms with Gasteiger partial charge in [0.2, 0.25) is 0 Å². The lowest BCUT2D eigenvalue weighted by molar-refractivity contribution is -0.138. The molecule has 0 bridgehead atoms. The highest BCUT2D eigenvalue weighted by Gasteiger charge is 2.30. The van der Waals surface area contributed by atoms with Crippen molar-refractivity contribution in [1.29, 1.82) is 0 Å². The summed E-state index contributed by atoms with van der Waals surface area (Å²) in [5.41, 5.74) is 5.96. The number of hydrogen-bond acceptors (Lipinski definition) is 1. The molecule has 0 aliphatic carbocycles. The van der Waals surface area contributed by atoms with Crippen molar-refractivity contribution in [1.82, 2.24) is 0 Å². The number of benzene rings is 1. The number of rotatable bonds is 3. The van der Waals surface area contributed by atoms with Crippen LogP contribution in [0.1, 0.15) is 12.0 Å². The lowest BCUT2D eigenvalue weighted by Crippen LogP contribution is -2.29. The van der Waals surface area contributed by atoms with Gasteiger partial charge in [-0.15, -0.1) is 0 Å². The third kappa shape index (κ3) is 4.60. The van der Waals surface area contributed by atoms with E-state index in [9.17, 15) is 13.2 Å². The highest BCUT2D eigenvalue weighted by Crippen LogP contribution is 2.25. The van der Waals surface area contributed by atoms with Gasteiger partial charge in [-0.2, -0.15) is 13.2 Å². The predicted molar refractivity (Wildman–Crippen MR) is 58.8 cm³/mol. The van der Waals surface area contributed by atoms with E-state index in [-0.39, 0.29) is 6.42 Å². The summed E-state index contributed by atoms with van der Waals surface area (Å²) in [6.07, 6.45) is -5.19. The fourth-order valence-corrected chi connectivity index (χ4v) is 1.82. The zero-order valence-corrected chi connectivity index (χ0v) is 9.70. The lowest BCUT2D eigenvalue weighted by atomic mass is 10.0. The average molecular weight is 272 g/mol. The fourth-order valence-electron chi connectivity index (χ4n) is 1.34.